The lowest BCUT2D eigenvalue weighted by Gasteiger charge is -2.12. The minimum atomic E-state index is -0.555. The van der Waals surface area contributed by atoms with E-state index in [-0.39, 0.29) is 17.9 Å². The van der Waals surface area contributed by atoms with Crippen molar-refractivity contribution in [2.45, 2.75) is 13.5 Å². The zero-order valence-electron chi connectivity index (χ0n) is 12.2. The highest BCUT2D eigenvalue weighted by atomic mass is 16.6. The number of carbonyl (C=O) groups excluding carboxylic acids is 1. The zero-order chi connectivity index (χ0) is 16.1. The summed E-state index contributed by atoms with van der Waals surface area (Å²) in [7, 11) is 1.57. The standard InChI is InChI=1S/C16H15NO5/c1-11-3-5-15(21-2)13(7-11)10-22-16-6-4-14(17(19)20)8-12(16)9-18/h3-9H,10H2,1-2H3. The van der Waals surface area contributed by atoms with E-state index in [1.54, 1.807) is 7.11 Å². The molecule has 0 aromatic heterocycles. The van der Waals surface area contributed by atoms with Crippen LogP contribution in [0.5, 0.6) is 11.5 Å². The van der Waals surface area contributed by atoms with Crippen LogP contribution in [-0.4, -0.2) is 18.3 Å². The number of aldehydes is 1. The summed E-state index contributed by atoms with van der Waals surface area (Å²) in [5.41, 5.74) is 1.87. The van der Waals surface area contributed by atoms with E-state index >= 15 is 0 Å². The zero-order valence-corrected chi connectivity index (χ0v) is 12.2. The summed E-state index contributed by atoms with van der Waals surface area (Å²) in [5.74, 6) is 0.976. The van der Waals surface area contributed by atoms with Gasteiger partial charge in [0.15, 0.2) is 6.29 Å². The Bertz CT molecular complexity index is 712. The van der Waals surface area contributed by atoms with Gasteiger partial charge in [-0.15, -0.1) is 0 Å². The lowest BCUT2D eigenvalue weighted by atomic mass is 10.1. The van der Waals surface area contributed by atoms with Crippen molar-refractivity contribution in [2.24, 2.45) is 0 Å². The molecule has 0 fully saturated rings. The normalized spacial score (nSPS) is 10.1. The molecule has 0 saturated heterocycles. The molecule has 0 atom stereocenters. The molecule has 0 bridgehead atoms. The fourth-order valence-electron chi connectivity index (χ4n) is 2.05. The molecular formula is C16H15NO5. The third-order valence-corrected chi connectivity index (χ3v) is 3.15. The molecular weight excluding hydrogens is 286 g/mol. The summed E-state index contributed by atoms with van der Waals surface area (Å²) >= 11 is 0. The van der Waals surface area contributed by atoms with E-state index < -0.39 is 4.92 Å². The summed E-state index contributed by atoms with van der Waals surface area (Å²) in [4.78, 5) is 21.2. The molecule has 6 heteroatoms. The average molecular weight is 301 g/mol. The van der Waals surface area contributed by atoms with E-state index in [4.69, 9.17) is 9.47 Å². The fourth-order valence-corrected chi connectivity index (χ4v) is 2.05. The number of nitrogens with zero attached hydrogens (tertiary/aromatic N) is 1. The number of aryl methyl sites for hydroxylation is 1. The van der Waals surface area contributed by atoms with Gasteiger partial charge in [-0.1, -0.05) is 11.6 Å². The maximum absolute atomic E-state index is 11.1. The Morgan fingerprint density at radius 3 is 2.55 bits per heavy atom. The molecule has 114 valence electrons. The van der Waals surface area contributed by atoms with Crippen LogP contribution in [-0.2, 0) is 6.61 Å². The summed E-state index contributed by atoms with van der Waals surface area (Å²) < 4.78 is 10.9. The monoisotopic (exact) mass is 301 g/mol. The smallest absolute Gasteiger partial charge is 0.270 e. The number of non-ortho nitro benzene ring substituents is 1. The number of rotatable bonds is 6. The number of nitro groups is 1. The molecule has 0 saturated carbocycles. The second-order valence-electron chi connectivity index (χ2n) is 4.70. The van der Waals surface area contributed by atoms with E-state index in [1.165, 1.54) is 18.2 Å². The first-order chi connectivity index (χ1) is 10.5. The van der Waals surface area contributed by atoms with Crippen LogP contribution in [0.25, 0.3) is 0 Å². The Morgan fingerprint density at radius 2 is 1.91 bits per heavy atom. The minimum Gasteiger partial charge on any atom is -0.496 e. The van der Waals surface area contributed by atoms with Gasteiger partial charge >= 0.3 is 0 Å². The molecule has 0 spiro atoms. The third-order valence-electron chi connectivity index (χ3n) is 3.15. The number of ether oxygens (including phenoxy) is 2. The third kappa shape index (κ3) is 3.41. The number of carbonyl (C=O) groups is 1. The number of hydrogen-bond acceptors (Lipinski definition) is 5. The van der Waals surface area contributed by atoms with Crippen LogP contribution in [0, 0.1) is 17.0 Å². The molecule has 22 heavy (non-hydrogen) atoms. The Hall–Kier alpha value is -2.89. The Labute approximate surface area is 127 Å². The first kappa shape index (κ1) is 15.5. The second-order valence-corrected chi connectivity index (χ2v) is 4.70. The highest BCUT2D eigenvalue weighted by Gasteiger charge is 2.12. The van der Waals surface area contributed by atoms with Crippen molar-refractivity contribution in [3.05, 3.63) is 63.2 Å². The lowest BCUT2D eigenvalue weighted by Crippen LogP contribution is -2.01. The van der Waals surface area contributed by atoms with E-state index in [2.05, 4.69) is 0 Å². The van der Waals surface area contributed by atoms with Crippen molar-refractivity contribution in [1.29, 1.82) is 0 Å². The van der Waals surface area contributed by atoms with Crippen molar-refractivity contribution < 1.29 is 19.2 Å². The Morgan fingerprint density at radius 1 is 1.18 bits per heavy atom. The minimum absolute atomic E-state index is 0.140. The quantitative estimate of drug-likeness (QED) is 0.464. The van der Waals surface area contributed by atoms with Crippen molar-refractivity contribution in [1.82, 2.24) is 0 Å². The lowest BCUT2D eigenvalue weighted by molar-refractivity contribution is -0.384. The summed E-state index contributed by atoms with van der Waals surface area (Å²) in [6.45, 7) is 2.15. The first-order valence-electron chi connectivity index (χ1n) is 6.55. The molecule has 0 N–H and O–H groups in total. The molecule has 2 rings (SSSR count). The van der Waals surface area contributed by atoms with Crippen molar-refractivity contribution in [2.75, 3.05) is 7.11 Å². The van der Waals surface area contributed by atoms with E-state index in [0.717, 1.165) is 11.1 Å². The van der Waals surface area contributed by atoms with E-state index in [1.807, 2.05) is 25.1 Å². The molecule has 0 aliphatic rings. The maximum Gasteiger partial charge on any atom is 0.270 e. The van der Waals surface area contributed by atoms with Gasteiger partial charge in [-0.25, -0.2) is 0 Å². The van der Waals surface area contributed by atoms with Gasteiger partial charge in [-0.2, -0.15) is 0 Å². The van der Waals surface area contributed by atoms with Crippen molar-refractivity contribution in [3.8, 4) is 11.5 Å². The van der Waals surface area contributed by atoms with Gasteiger partial charge in [-0.05, 0) is 25.1 Å². The van der Waals surface area contributed by atoms with E-state index in [9.17, 15) is 14.9 Å². The van der Waals surface area contributed by atoms with Crippen molar-refractivity contribution in [3.63, 3.8) is 0 Å². The first-order valence-corrected chi connectivity index (χ1v) is 6.55. The summed E-state index contributed by atoms with van der Waals surface area (Å²) in [6.07, 6.45) is 0.538. The number of nitro benzene ring substituents is 1. The van der Waals surface area contributed by atoms with Crippen LogP contribution in [0.1, 0.15) is 21.5 Å². The van der Waals surface area contributed by atoms with Crippen LogP contribution in [0.3, 0.4) is 0 Å². The fraction of sp³-hybridized carbons (Fsp3) is 0.188. The summed E-state index contributed by atoms with van der Waals surface area (Å²) in [6, 6.07) is 9.59. The van der Waals surface area contributed by atoms with Gasteiger partial charge in [0.25, 0.3) is 5.69 Å². The largest absolute Gasteiger partial charge is 0.496 e. The summed E-state index contributed by atoms with van der Waals surface area (Å²) in [5, 5.41) is 10.7. The van der Waals surface area contributed by atoms with Gasteiger partial charge in [0, 0.05) is 17.7 Å². The van der Waals surface area contributed by atoms with Crippen LogP contribution in [0.4, 0.5) is 5.69 Å². The predicted octanol–water partition coefficient (Wildman–Crippen LogP) is 3.30. The molecule has 0 unspecified atom stereocenters. The average Bonchev–Trinajstić information content (AvgIpc) is 2.52. The maximum atomic E-state index is 11.1. The van der Waals surface area contributed by atoms with Crippen LogP contribution >= 0.6 is 0 Å². The molecule has 2 aromatic rings. The topological polar surface area (TPSA) is 78.7 Å². The van der Waals surface area contributed by atoms with E-state index in [0.29, 0.717) is 17.8 Å². The van der Waals surface area contributed by atoms with Gasteiger partial charge in [0.05, 0.1) is 17.6 Å². The SMILES string of the molecule is COc1ccc(C)cc1COc1ccc([N+](=O)[O-])cc1C=O. The number of methoxy groups -OCH3 is 1. The van der Waals surface area contributed by atoms with Crippen LogP contribution in [0.2, 0.25) is 0 Å². The Kier molecular flexibility index (Phi) is 4.73. The molecule has 0 radical (unpaired) electrons. The second kappa shape index (κ2) is 6.71. The van der Waals surface area contributed by atoms with Crippen LogP contribution in [0.15, 0.2) is 36.4 Å². The molecule has 6 nitrogen and oxygen atoms in total. The number of hydrogen-bond donors (Lipinski definition) is 0. The highest BCUT2D eigenvalue weighted by Crippen LogP contribution is 2.26. The molecule has 0 heterocycles. The van der Waals surface area contributed by atoms with Crippen LogP contribution < -0.4 is 9.47 Å². The Balaban J connectivity index is 2.23. The molecule has 0 aliphatic carbocycles. The van der Waals surface area contributed by atoms with Gasteiger partial charge < -0.3 is 9.47 Å². The molecule has 0 amide bonds. The molecule has 0 aliphatic heterocycles. The van der Waals surface area contributed by atoms with Gasteiger partial charge in [0.1, 0.15) is 18.1 Å². The van der Waals surface area contributed by atoms with Gasteiger partial charge in [0.2, 0.25) is 0 Å². The van der Waals surface area contributed by atoms with Crippen molar-refractivity contribution >= 4 is 12.0 Å². The predicted molar refractivity (Wildman–Crippen MR) is 80.5 cm³/mol. The highest BCUT2D eigenvalue weighted by molar-refractivity contribution is 5.80. The molecule has 2 aromatic carbocycles. The number of benzene rings is 2. The van der Waals surface area contributed by atoms with Gasteiger partial charge in [-0.3, -0.25) is 14.9 Å².